The smallest absolute Gasteiger partial charge is 0.310 e. The Hall–Kier alpha value is -1.88. The van der Waals surface area contributed by atoms with Crippen molar-refractivity contribution in [2.45, 2.75) is 43.2 Å². The van der Waals surface area contributed by atoms with Gasteiger partial charge >= 0.3 is 6.03 Å². The number of hydrogen-bond donors (Lipinski definition) is 2. The van der Waals surface area contributed by atoms with Gasteiger partial charge in [0.1, 0.15) is 5.54 Å². The van der Waals surface area contributed by atoms with E-state index in [1.54, 1.807) is 0 Å². The second kappa shape index (κ2) is 5.06. The number of rotatable bonds is 4. The van der Waals surface area contributed by atoms with Crippen LogP contribution in [0.15, 0.2) is 30.3 Å². The Morgan fingerprint density at radius 1 is 1.22 bits per heavy atom. The lowest BCUT2D eigenvalue weighted by atomic mass is 9.59. The van der Waals surface area contributed by atoms with Crippen LogP contribution in [0, 0.1) is 5.92 Å². The number of carbonyl (C=O) groups excluding carboxylic acids is 2. The summed E-state index contributed by atoms with van der Waals surface area (Å²) in [5.41, 5.74) is 0.302. The lowest BCUT2D eigenvalue weighted by Crippen LogP contribution is -2.69. The number of amides is 3. The van der Waals surface area contributed by atoms with Crippen LogP contribution in [0.5, 0.6) is 0 Å². The van der Waals surface area contributed by atoms with Gasteiger partial charge in [0, 0.05) is 24.9 Å². The molecule has 1 heterocycles. The zero-order chi connectivity index (χ0) is 16.1. The quantitative estimate of drug-likeness (QED) is 0.836. The maximum atomic E-state index is 12.5. The molecule has 1 spiro atoms. The van der Waals surface area contributed by atoms with Crippen LogP contribution in [0.3, 0.4) is 0 Å². The molecule has 5 nitrogen and oxygen atoms in total. The first kappa shape index (κ1) is 14.7. The number of hydrogen-bond acceptors (Lipinski definition) is 3. The highest BCUT2D eigenvalue weighted by Crippen LogP contribution is 2.53. The van der Waals surface area contributed by atoms with Gasteiger partial charge in [0.05, 0.1) is 0 Å². The number of nitrogens with zero attached hydrogens (tertiary/aromatic N) is 1. The molecule has 0 bridgehead atoms. The molecule has 0 unspecified atom stereocenters. The van der Waals surface area contributed by atoms with Crippen molar-refractivity contribution < 1.29 is 9.59 Å². The average molecular weight is 313 g/mol. The molecule has 3 amide bonds. The normalized spacial score (nSPS) is 33.5. The number of urea groups is 1. The predicted octanol–water partition coefficient (Wildman–Crippen LogP) is 1.99. The van der Waals surface area contributed by atoms with E-state index in [1.807, 2.05) is 30.1 Å². The summed E-state index contributed by atoms with van der Waals surface area (Å²) in [6.07, 6.45) is 4.87. The summed E-state index contributed by atoms with van der Waals surface area (Å²) in [7, 11) is 1.94. The molecule has 122 valence electrons. The Balaban J connectivity index is 1.60. The number of carbonyl (C=O) groups is 2. The zero-order valence-electron chi connectivity index (χ0n) is 13.5. The van der Waals surface area contributed by atoms with Gasteiger partial charge in [-0.25, -0.2) is 4.79 Å². The van der Waals surface area contributed by atoms with Crippen molar-refractivity contribution in [2.24, 2.45) is 5.92 Å². The van der Waals surface area contributed by atoms with Gasteiger partial charge in [-0.2, -0.15) is 0 Å². The van der Waals surface area contributed by atoms with E-state index >= 15 is 0 Å². The van der Waals surface area contributed by atoms with Gasteiger partial charge in [0.2, 0.25) is 0 Å². The lowest BCUT2D eigenvalue weighted by molar-refractivity contribution is -0.137. The van der Waals surface area contributed by atoms with Crippen LogP contribution >= 0.6 is 0 Å². The molecule has 1 aliphatic heterocycles. The Bertz CT molecular complexity index is 633. The van der Waals surface area contributed by atoms with Crippen LogP contribution in [0.25, 0.3) is 0 Å². The van der Waals surface area contributed by atoms with Crippen LogP contribution in [-0.4, -0.2) is 36.0 Å². The zero-order valence-corrected chi connectivity index (χ0v) is 13.5. The average Bonchev–Trinajstić information content (AvgIpc) is 2.72. The summed E-state index contributed by atoms with van der Waals surface area (Å²) in [4.78, 5) is 26.6. The van der Waals surface area contributed by atoms with E-state index in [1.165, 1.54) is 24.8 Å². The highest BCUT2D eigenvalue weighted by molar-refractivity contribution is 6.08. The molecule has 0 atom stereocenters. The van der Waals surface area contributed by atoms with E-state index in [2.05, 4.69) is 22.8 Å². The molecule has 2 saturated carbocycles. The summed E-state index contributed by atoms with van der Waals surface area (Å²) >= 11 is 0. The highest BCUT2D eigenvalue weighted by atomic mass is 16.2. The maximum Gasteiger partial charge on any atom is 0.325 e. The van der Waals surface area contributed by atoms with Crippen LogP contribution in [0.2, 0.25) is 0 Å². The molecular weight excluding hydrogens is 290 g/mol. The van der Waals surface area contributed by atoms with Gasteiger partial charge in [-0.15, -0.1) is 0 Å². The van der Waals surface area contributed by atoms with E-state index < -0.39 is 5.54 Å². The highest BCUT2D eigenvalue weighted by Gasteiger charge is 2.66. The third-order valence-corrected chi connectivity index (χ3v) is 6.06. The van der Waals surface area contributed by atoms with Crippen molar-refractivity contribution in [3.8, 4) is 0 Å². The second-order valence-corrected chi connectivity index (χ2v) is 7.25. The summed E-state index contributed by atoms with van der Waals surface area (Å²) in [6, 6.07) is 10.0. The van der Waals surface area contributed by atoms with Gasteiger partial charge in [-0.3, -0.25) is 10.1 Å². The fraction of sp³-hybridized carbons (Fsp3) is 0.556. The molecule has 23 heavy (non-hydrogen) atoms. The van der Waals surface area contributed by atoms with E-state index in [-0.39, 0.29) is 17.5 Å². The molecule has 0 radical (unpaired) electrons. The fourth-order valence-electron chi connectivity index (χ4n) is 4.37. The first-order chi connectivity index (χ1) is 11.1. The second-order valence-electron chi connectivity index (χ2n) is 7.25. The third-order valence-electron chi connectivity index (χ3n) is 6.06. The maximum absolute atomic E-state index is 12.5. The van der Waals surface area contributed by atoms with Gasteiger partial charge in [-0.1, -0.05) is 36.8 Å². The third kappa shape index (κ3) is 2.02. The standard InChI is InChI=1S/C18H23N3O2/c1-19-17(14-8-3-2-4-9-14)11-18(12-17)15(22)20-16(23)21(18)10-13-6-5-7-13/h2-4,8-9,13,19H,5-7,10-12H2,1H3,(H,20,22,23)/t17-,18-. The summed E-state index contributed by atoms with van der Waals surface area (Å²) in [5, 5.41) is 5.95. The number of benzene rings is 1. The molecular formula is C18H23N3O2. The molecule has 0 aromatic heterocycles. The van der Waals surface area contributed by atoms with Crippen molar-refractivity contribution in [1.82, 2.24) is 15.5 Å². The van der Waals surface area contributed by atoms with Crippen molar-refractivity contribution in [3.05, 3.63) is 35.9 Å². The Labute approximate surface area is 136 Å². The Morgan fingerprint density at radius 2 is 1.91 bits per heavy atom. The van der Waals surface area contributed by atoms with E-state index in [0.717, 1.165) is 0 Å². The molecule has 1 aromatic carbocycles. The molecule has 2 N–H and O–H groups in total. The topological polar surface area (TPSA) is 61.4 Å². The van der Waals surface area contributed by atoms with Crippen molar-refractivity contribution in [1.29, 1.82) is 0 Å². The van der Waals surface area contributed by atoms with Gasteiger partial charge < -0.3 is 10.2 Å². The van der Waals surface area contributed by atoms with Crippen LogP contribution in [-0.2, 0) is 10.3 Å². The number of nitrogens with one attached hydrogen (secondary N) is 2. The summed E-state index contributed by atoms with van der Waals surface area (Å²) in [6.45, 7) is 0.714. The number of imide groups is 1. The summed E-state index contributed by atoms with van der Waals surface area (Å²) < 4.78 is 0. The lowest BCUT2D eigenvalue weighted by Gasteiger charge is -2.56. The fourth-order valence-corrected chi connectivity index (χ4v) is 4.37. The minimum atomic E-state index is -0.661. The molecule has 5 heteroatoms. The largest absolute Gasteiger partial charge is 0.325 e. The van der Waals surface area contributed by atoms with Gasteiger partial charge in [0.25, 0.3) is 5.91 Å². The predicted molar refractivity (Wildman–Crippen MR) is 86.7 cm³/mol. The van der Waals surface area contributed by atoms with Crippen LogP contribution < -0.4 is 10.6 Å². The van der Waals surface area contributed by atoms with Gasteiger partial charge in [-0.05, 0) is 31.4 Å². The van der Waals surface area contributed by atoms with Gasteiger partial charge in [0.15, 0.2) is 0 Å². The van der Waals surface area contributed by atoms with Crippen LogP contribution in [0.4, 0.5) is 4.79 Å². The molecule has 1 saturated heterocycles. The SMILES string of the molecule is CN[C@]1(c2ccccc2)C[C@@]2(C1)C(=O)NC(=O)N2CC1CCC1. The minimum Gasteiger partial charge on any atom is -0.310 e. The first-order valence-electron chi connectivity index (χ1n) is 8.47. The molecule has 4 rings (SSSR count). The molecule has 3 aliphatic rings. The van der Waals surface area contributed by atoms with E-state index in [9.17, 15) is 9.59 Å². The van der Waals surface area contributed by atoms with Crippen molar-refractivity contribution in [3.63, 3.8) is 0 Å². The van der Waals surface area contributed by atoms with E-state index in [0.29, 0.717) is 25.3 Å². The van der Waals surface area contributed by atoms with Crippen molar-refractivity contribution >= 4 is 11.9 Å². The molecule has 3 fully saturated rings. The molecule has 2 aliphatic carbocycles. The summed E-state index contributed by atoms with van der Waals surface area (Å²) in [5.74, 6) is 0.438. The van der Waals surface area contributed by atoms with Crippen LogP contribution in [0.1, 0.15) is 37.7 Å². The Morgan fingerprint density at radius 3 is 2.48 bits per heavy atom. The first-order valence-corrected chi connectivity index (χ1v) is 8.47. The van der Waals surface area contributed by atoms with Crippen molar-refractivity contribution in [2.75, 3.05) is 13.6 Å². The monoisotopic (exact) mass is 313 g/mol. The minimum absolute atomic E-state index is 0.122. The Kier molecular flexibility index (Phi) is 3.23. The molecule has 1 aromatic rings. The van der Waals surface area contributed by atoms with E-state index in [4.69, 9.17) is 0 Å².